The molecule has 0 heterocycles. The summed E-state index contributed by atoms with van der Waals surface area (Å²) in [4.78, 5) is 2.59. The standard InChI is InChI=1S/C17H37N.C13H28/c1-4-7-8-9-10-11-12-13-14-15-17-18(6-3)16-5-2;1-5-9-13(8-4)11-10-12(6-2)7-3/h4-17H2,1-3H3;12-13H,5-11H2,1-4H3. The average molecular weight is 440 g/mol. The molecule has 0 aromatic heterocycles. The molecule has 0 radical (unpaired) electrons. The van der Waals surface area contributed by atoms with Crippen molar-refractivity contribution in [1.29, 1.82) is 0 Å². The van der Waals surface area contributed by atoms with Gasteiger partial charge in [-0.1, -0.05) is 151 Å². The molecule has 0 spiro atoms. The third-order valence-electron chi connectivity index (χ3n) is 7.23. The van der Waals surface area contributed by atoms with E-state index in [1.807, 2.05) is 0 Å². The molecule has 0 bridgehead atoms. The maximum Gasteiger partial charge on any atom is -0.00189 e. The highest BCUT2D eigenvalue weighted by atomic mass is 15.1. The Bertz CT molecular complexity index is 297. The molecule has 0 aromatic carbocycles. The van der Waals surface area contributed by atoms with Crippen molar-refractivity contribution in [2.75, 3.05) is 19.6 Å². The zero-order valence-corrected chi connectivity index (χ0v) is 23.5. The van der Waals surface area contributed by atoms with E-state index in [0.29, 0.717) is 0 Å². The molecule has 0 fully saturated rings. The molecule has 0 aromatic rings. The number of hydrogen-bond acceptors (Lipinski definition) is 1. The largest absolute Gasteiger partial charge is 0.304 e. The van der Waals surface area contributed by atoms with Gasteiger partial charge in [0, 0.05) is 0 Å². The van der Waals surface area contributed by atoms with Gasteiger partial charge in [-0.3, -0.25) is 0 Å². The van der Waals surface area contributed by atoms with Gasteiger partial charge in [0.05, 0.1) is 0 Å². The van der Waals surface area contributed by atoms with E-state index in [9.17, 15) is 0 Å². The van der Waals surface area contributed by atoms with E-state index >= 15 is 0 Å². The summed E-state index contributed by atoms with van der Waals surface area (Å²) in [6.45, 7) is 20.0. The summed E-state index contributed by atoms with van der Waals surface area (Å²) in [5, 5.41) is 0. The molecular weight excluding hydrogens is 374 g/mol. The van der Waals surface area contributed by atoms with Crippen LogP contribution in [0.3, 0.4) is 0 Å². The van der Waals surface area contributed by atoms with Crippen LogP contribution in [0.2, 0.25) is 0 Å². The molecule has 31 heavy (non-hydrogen) atoms. The maximum absolute atomic E-state index is 2.59. The Kier molecular flexibility index (Phi) is 29.9. The number of hydrogen-bond donors (Lipinski definition) is 0. The molecule has 0 amide bonds. The second-order valence-electron chi connectivity index (χ2n) is 9.94. The highest BCUT2D eigenvalue weighted by molar-refractivity contribution is 4.61. The van der Waals surface area contributed by atoms with Crippen molar-refractivity contribution in [1.82, 2.24) is 4.90 Å². The summed E-state index contributed by atoms with van der Waals surface area (Å²) in [6, 6.07) is 0. The SMILES string of the molecule is CCCC(CC)CCC(CC)CC.CCCCCCCCCCCCN(CC)CCC. The van der Waals surface area contributed by atoms with Crippen LogP contribution < -0.4 is 0 Å². The Balaban J connectivity index is 0. The zero-order valence-electron chi connectivity index (χ0n) is 23.5. The Morgan fingerprint density at radius 1 is 0.419 bits per heavy atom. The minimum atomic E-state index is 0.992. The smallest absolute Gasteiger partial charge is 0.00189 e. The van der Waals surface area contributed by atoms with Gasteiger partial charge in [0.2, 0.25) is 0 Å². The van der Waals surface area contributed by atoms with E-state index in [4.69, 9.17) is 0 Å². The quantitative estimate of drug-likeness (QED) is 0.152. The van der Waals surface area contributed by atoms with Crippen LogP contribution in [0.4, 0.5) is 0 Å². The molecule has 0 aliphatic heterocycles. The van der Waals surface area contributed by atoms with Crippen molar-refractivity contribution < 1.29 is 0 Å². The van der Waals surface area contributed by atoms with Gasteiger partial charge in [-0.25, -0.2) is 0 Å². The predicted octanol–water partition coefficient (Wildman–Crippen LogP) is 10.7. The lowest BCUT2D eigenvalue weighted by Gasteiger charge is -2.19. The monoisotopic (exact) mass is 440 g/mol. The van der Waals surface area contributed by atoms with E-state index < -0.39 is 0 Å². The van der Waals surface area contributed by atoms with Crippen LogP contribution in [0.15, 0.2) is 0 Å². The molecule has 0 aliphatic rings. The van der Waals surface area contributed by atoms with E-state index in [1.54, 1.807) is 0 Å². The van der Waals surface area contributed by atoms with E-state index in [0.717, 1.165) is 11.8 Å². The lowest BCUT2D eigenvalue weighted by atomic mass is 9.89. The second kappa shape index (κ2) is 28.0. The van der Waals surface area contributed by atoms with Gasteiger partial charge in [0.15, 0.2) is 0 Å². The molecule has 0 aliphatic carbocycles. The highest BCUT2D eigenvalue weighted by Crippen LogP contribution is 2.23. The van der Waals surface area contributed by atoms with Crippen molar-refractivity contribution >= 4 is 0 Å². The molecule has 1 atom stereocenters. The first-order valence-electron chi connectivity index (χ1n) is 14.8. The van der Waals surface area contributed by atoms with Crippen LogP contribution in [0.5, 0.6) is 0 Å². The predicted molar refractivity (Wildman–Crippen MR) is 146 cm³/mol. The lowest BCUT2D eigenvalue weighted by molar-refractivity contribution is 0.281. The molecule has 1 heteroatoms. The summed E-state index contributed by atoms with van der Waals surface area (Å²) in [5.41, 5.74) is 0. The van der Waals surface area contributed by atoms with Crippen molar-refractivity contribution in [2.45, 2.75) is 164 Å². The first-order chi connectivity index (χ1) is 15.1. The average Bonchev–Trinajstić information content (AvgIpc) is 2.79. The Morgan fingerprint density at radius 2 is 0.903 bits per heavy atom. The molecular formula is C30H65N. The van der Waals surface area contributed by atoms with Crippen molar-refractivity contribution in [3.63, 3.8) is 0 Å². The van der Waals surface area contributed by atoms with Crippen LogP contribution in [-0.4, -0.2) is 24.5 Å². The summed E-state index contributed by atoms with van der Waals surface area (Å²) in [7, 11) is 0. The molecule has 0 saturated heterocycles. The minimum Gasteiger partial charge on any atom is -0.304 e. The second-order valence-corrected chi connectivity index (χ2v) is 9.94. The van der Waals surface area contributed by atoms with Gasteiger partial charge >= 0.3 is 0 Å². The lowest BCUT2D eigenvalue weighted by Crippen LogP contribution is -2.25. The Hall–Kier alpha value is -0.0400. The molecule has 0 rings (SSSR count). The number of unbranched alkanes of at least 4 members (excludes halogenated alkanes) is 9. The van der Waals surface area contributed by atoms with E-state index in [-0.39, 0.29) is 0 Å². The van der Waals surface area contributed by atoms with Gasteiger partial charge in [0.1, 0.15) is 0 Å². The fourth-order valence-electron chi connectivity index (χ4n) is 4.70. The third-order valence-corrected chi connectivity index (χ3v) is 7.23. The van der Waals surface area contributed by atoms with Gasteiger partial charge in [-0.2, -0.15) is 0 Å². The van der Waals surface area contributed by atoms with Crippen molar-refractivity contribution in [2.24, 2.45) is 11.8 Å². The van der Waals surface area contributed by atoms with E-state index in [1.165, 1.54) is 135 Å². The van der Waals surface area contributed by atoms with Crippen molar-refractivity contribution in [3.05, 3.63) is 0 Å². The van der Waals surface area contributed by atoms with Gasteiger partial charge < -0.3 is 4.90 Å². The number of rotatable bonds is 22. The fourth-order valence-corrected chi connectivity index (χ4v) is 4.70. The van der Waals surface area contributed by atoms with Crippen LogP contribution in [0.25, 0.3) is 0 Å². The topological polar surface area (TPSA) is 3.24 Å². The van der Waals surface area contributed by atoms with Gasteiger partial charge in [-0.15, -0.1) is 0 Å². The maximum atomic E-state index is 2.59. The first-order valence-corrected chi connectivity index (χ1v) is 14.8. The fraction of sp³-hybridized carbons (Fsp3) is 1.00. The summed E-state index contributed by atoms with van der Waals surface area (Å²) in [6.07, 6.45) is 25.6. The van der Waals surface area contributed by atoms with Crippen LogP contribution in [0.1, 0.15) is 164 Å². The number of nitrogens with zero attached hydrogens (tertiary/aromatic N) is 1. The first kappa shape index (κ1) is 33.1. The molecule has 0 N–H and O–H groups in total. The molecule has 1 unspecified atom stereocenters. The van der Waals surface area contributed by atoms with Crippen LogP contribution >= 0.6 is 0 Å². The normalized spacial score (nSPS) is 12.3. The Labute approximate surface area is 200 Å². The highest BCUT2D eigenvalue weighted by Gasteiger charge is 2.09. The third kappa shape index (κ3) is 24.4. The molecule has 190 valence electrons. The summed E-state index contributed by atoms with van der Waals surface area (Å²) >= 11 is 0. The molecule has 0 saturated carbocycles. The van der Waals surface area contributed by atoms with Crippen LogP contribution in [0, 0.1) is 11.8 Å². The minimum absolute atomic E-state index is 0.992. The van der Waals surface area contributed by atoms with Crippen LogP contribution in [-0.2, 0) is 0 Å². The van der Waals surface area contributed by atoms with Crippen molar-refractivity contribution in [3.8, 4) is 0 Å². The summed E-state index contributed by atoms with van der Waals surface area (Å²) < 4.78 is 0. The zero-order chi connectivity index (χ0) is 23.6. The molecule has 1 nitrogen and oxygen atoms in total. The summed E-state index contributed by atoms with van der Waals surface area (Å²) in [5.74, 6) is 2.00. The van der Waals surface area contributed by atoms with Gasteiger partial charge in [-0.05, 0) is 44.3 Å². The Morgan fingerprint density at radius 3 is 1.32 bits per heavy atom. The van der Waals surface area contributed by atoms with E-state index in [2.05, 4.69) is 53.4 Å². The van der Waals surface area contributed by atoms with Gasteiger partial charge in [0.25, 0.3) is 0 Å².